The molecule has 0 atom stereocenters. The molecule has 0 saturated carbocycles. The Morgan fingerprint density at radius 2 is 2.09 bits per heavy atom. The van der Waals surface area contributed by atoms with E-state index in [0.29, 0.717) is 5.69 Å². The van der Waals surface area contributed by atoms with Crippen LogP contribution in [0.2, 0.25) is 0 Å². The van der Waals surface area contributed by atoms with Crippen molar-refractivity contribution in [3.8, 4) is 0 Å². The van der Waals surface area contributed by atoms with E-state index in [-0.39, 0.29) is 11.4 Å². The topological polar surface area (TPSA) is 38.9 Å². The Balaban J connectivity index is 3.09. The Labute approximate surface area is 63.1 Å². The van der Waals surface area contributed by atoms with E-state index in [1.54, 1.807) is 6.92 Å². The number of anilines is 1. The van der Waals surface area contributed by atoms with Gasteiger partial charge in [-0.05, 0) is 19.1 Å². The third kappa shape index (κ3) is 1.63. The van der Waals surface area contributed by atoms with Crippen molar-refractivity contribution in [2.24, 2.45) is 0 Å². The summed E-state index contributed by atoms with van der Waals surface area (Å²) in [5.41, 5.74) is 5.68. The molecule has 0 saturated heterocycles. The zero-order chi connectivity index (χ0) is 8.43. The van der Waals surface area contributed by atoms with Gasteiger partial charge in [0.25, 0.3) is 6.43 Å². The quantitative estimate of drug-likeness (QED) is 0.678. The van der Waals surface area contributed by atoms with Crippen LogP contribution in [0.4, 0.5) is 14.6 Å². The second-order valence-corrected chi connectivity index (χ2v) is 2.23. The van der Waals surface area contributed by atoms with Crippen molar-refractivity contribution in [2.75, 3.05) is 5.73 Å². The number of aryl methyl sites for hydroxylation is 1. The van der Waals surface area contributed by atoms with Gasteiger partial charge in [-0.3, -0.25) is 0 Å². The highest BCUT2D eigenvalue weighted by Gasteiger charge is 2.10. The van der Waals surface area contributed by atoms with Crippen molar-refractivity contribution in [3.63, 3.8) is 0 Å². The molecule has 1 rings (SSSR count). The van der Waals surface area contributed by atoms with Gasteiger partial charge in [-0.2, -0.15) is 0 Å². The predicted molar refractivity (Wildman–Crippen MR) is 38.3 cm³/mol. The average molecular weight is 158 g/mol. The minimum atomic E-state index is -2.54. The first kappa shape index (κ1) is 7.91. The summed E-state index contributed by atoms with van der Waals surface area (Å²) in [5, 5.41) is 0. The van der Waals surface area contributed by atoms with Crippen LogP contribution in [0.1, 0.15) is 17.7 Å². The fourth-order valence-corrected chi connectivity index (χ4v) is 0.772. The van der Waals surface area contributed by atoms with Gasteiger partial charge in [-0.1, -0.05) is 0 Å². The summed E-state index contributed by atoms with van der Waals surface area (Å²) in [5.74, 6) is -0.0833. The molecule has 1 heterocycles. The van der Waals surface area contributed by atoms with Crippen molar-refractivity contribution in [1.82, 2.24) is 4.98 Å². The number of nitrogens with two attached hydrogens (primary N) is 1. The van der Waals surface area contributed by atoms with Crippen molar-refractivity contribution in [2.45, 2.75) is 13.3 Å². The van der Waals surface area contributed by atoms with Gasteiger partial charge in [-0.25, -0.2) is 13.8 Å². The Morgan fingerprint density at radius 1 is 1.45 bits per heavy atom. The lowest BCUT2D eigenvalue weighted by atomic mass is 10.2. The van der Waals surface area contributed by atoms with Gasteiger partial charge in [0.05, 0.1) is 5.56 Å². The molecule has 1 aromatic rings. The zero-order valence-electron chi connectivity index (χ0n) is 6.01. The van der Waals surface area contributed by atoms with E-state index in [0.717, 1.165) is 0 Å². The van der Waals surface area contributed by atoms with Crippen LogP contribution in [0.3, 0.4) is 0 Å². The average Bonchev–Trinajstić information content (AvgIpc) is 1.85. The number of aromatic nitrogens is 1. The van der Waals surface area contributed by atoms with Crippen molar-refractivity contribution in [3.05, 3.63) is 23.4 Å². The van der Waals surface area contributed by atoms with E-state index in [1.807, 2.05) is 0 Å². The molecule has 2 nitrogen and oxygen atoms in total. The summed E-state index contributed by atoms with van der Waals surface area (Å²) in [6.45, 7) is 1.70. The molecule has 0 aliphatic heterocycles. The van der Waals surface area contributed by atoms with Crippen molar-refractivity contribution < 1.29 is 8.78 Å². The van der Waals surface area contributed by atoms with Gasteiger partial charge in [0.1, 0.15) is 5.82 Å². The van der Waals surface area contributed by atoms with Gasteiger partial charge in [0.2, 0.25) is 0 Å². The minimum Gasteiger partial charge on any atom is -0.383 e. The van der Waals surface area contributed by atoms with E-state index in [9.17, 15) is 8.78 Å². The van der Waals surface area contributed by atoms with Gasteiger partial charge in [0, 0.05) is 5.69 Å². The standard InChI is InChI=1S/C7H8F2N2/c1-4-2-3-5(6(8)9)7(10)11-4/h2-3,6H,1H3,(H2,10,11). The van der Waals surface area contributed by atoms with Crippen LogP contribution in [0, 0.1) is 6.92 Å². The minimum absolute atomic E-state index is 0.0833. The number of hydrogen-bond donors (Lipinski definition) is 1. The molecule has 2 N–H and O–H groups in total. The Hall–Kier alpha value is -1.19. The summed E-state index contributed by atoms with van der Waals surface area (Å²) in [7, 11) is 0. The lowest BCUT2D eigenvalue weighted by Crippen LogP contribution is -1.98. The van der Waals surface area contributed by atoms with Crippen LogP contribution in [0.15, 0.2) is 12.1 Å². The maximum Gasteiger partial charge on any atom is 0.267 e. The molecule has 0 fully saturated rings. The molecule has 0 spiro atoms. The van der Waals surface area contributed by atoms with Gasteiger partial charge in [0.15, 0.2) is 0 Å². The molecule has 0 unspecified atom stereocenters. The third-order valence-electron chi connectivity index (χ3n) is 1.33. The number of hydrogen-bond acceptors (Lipinski definition) is 2. The highest BCUT2D eigenvalue weighted by atomic mass is 19.3. The predicted octanol–water partition coefficient (Wildman–Crippen LogP) is 1.91. The summed E-state index contributed by atoms with van der Waals surface area (Å²) >= 11 is 0. The van der Waals surface area contributed by atoms with Crippen molar-refractivity contribution in [1.29, 1.82) is 0 Å². The first-order valence-corrected chi connectivity index (χ1v) is 3.12. The number of halogens is 2. The van der Waals surface area contributed by atoms with Crippen LogP contribution >= 0.6 is 0 Å². The van der Waals surface area contributed by atoms with Crippen LogP contribution in [-0.2, 0) is 0 Å². The second kappa shape index (κ2) is 2.82. The SMILES string of the molecule is Cc1ccc(C(F)F)c(N)n1. The second-order valence-electron chi connectivity index (χ2n) is 2.23. The first-order valence-electron chi connectivity index (χ1n) is 3.12. The number of pyridine rings is 1. The van der Waals surface area contributed by atoms with E-state index in [2.05, 4.69) is 4.98 Å². The molecule has 0 aromatic carbocycles. The van der Waals surface area contributed by atoms with E-state index >= 15 is 0 Å². The Kier molecular flexibility index (Phi) is 2.03. The molecule has 0 bridgehead atoms. The maximum absolute atomic E-state index is 12.0. The Morgan fingerprint density at radius 3 is 2.55 bits per heavy atom. The lowest BCUT2D eigenvalue weighted by molar-refractivity contribution is 0.152. The molecule has 0 amide bonds. The molecule has 0 aliphatic carbocycles. The molecule has 0 radical (unpaired) electrons. The molecule has 4 heteroatoms. The zero-order valence-corrected chi connectivity index (χ0v) is 6.01. The van der Waals surface area contributed by atoms with Crippen LogP contribution in [-0.4, -0.2) is 4.98 Å². The highest BCUT2D eigenvalue weighted by Crippen LogP contribution is 2.22. The molecule has 0 aliphatic rings. The van der Waals surface area contributed by atoms with Crippen molar-refractivity contribution >= 4 is 5.82 Å². The number of nitrogens with zero attached hydrogens (tertiary/aromatic N) is 1. The van der Waals surface area contributed by atoms with Crippen LogP contribution < -0.4 is 5.73 Å². The lowest BCUT2D eigenvalue weighted by Gasteiger charge is -2.02. The van der Waals surface area contributed by atoms with E-state index < -0.39 is 6.43 Å². The fourth-order valence-electron chi connectivity index (χ4n) is 0.772. The molecule has 1 aromatic heterocycles. The normalized spacial score (nSPS) is 10.5. The highest BCUT2D eigenvalue weighted by molar-refractivity contribution is 5.40. The summed E-state index contributed by atoms with van der Waals surface area (Å²) in [6, 6.07) is 2.81. The summed E-state index contributed by atoms with van der Waals surface area (Å²) < 4.78 is 24.1. The van der Waals surface area contributed by atoms with Gasteiger partial charge < -0.3 is 5.73 Å². The van der Waals surface area contributed by atoms with Gasteiger partial charge >= 0.3 is 0 Å². The third-order valence-corrected chi connectivity index (χ3v) is 1.33. The number of rotatable bonds is 1. The summed E-state index contributed by atoms with van der Waals surface area (Å²) in [4.78, 5) is 3.69. The van der Waals surface area contributed by atoms with Gasteiger partial charge in [-0.15, -0.1) is 0 Å². The molecule has 60 valence electrons. The maximum atomic E-state index is 12.0. The molecular weight excluding hydrogens is 150 g/mol. The smallest absolute Gasteiger partial charge is 0.267 e. The Bertz CT molecular complexity index is 261. The van der Waals surface area contributed by atoms with Crippen LogP contribution in [0.5, 0.6) is 0 Å². The first-order chi connectivity index (χ1) is 5.11. The molecule has 11 heavy (non-hydrogen) atoms. The number of alkyl halides is 2. The van der Waals surface area contributed by atoms with E-state index in [4.69, 9.17) is 5.73 Å². The number of nitrogen functional groups attached to an aromatic ring is 1. The van der Waals surface area contributed by atoms with Crippen LogP contribution in [0.25, 0.3) is 0 Å². The molecular formula is C7H8F2N2. The summed E-state index contributed by atoms with van der Waals surface area (Å²) in [6.07, 6.45) is -2.54. The monoisotopic (exact) mass is 158 g/mol. The largest absolute Gasteiger partial charge is 0.383 e. The van der Waals surface area contributed by atoms with E-state index in [1.165, 1.54) is 12.1 Å². The fraction of sp³-hybridized carbons (Fsp3) is 0.286.